The first-order valence-electron chi connectivity index (χ1n) is 28.8. The normalized spacial score (nSPS) is 13.5. The van der Waals surface area contributed by atoms with Crippen molar-refractivity contribution < 1.29 is 20.1 Å². The van der Waals surface area contributed by atoms with E-state index < -0.39 is 24.2 Å². The molecule has 0 aromatic rings. The Kier molecular flexibility index (Phi) is 53.0. The number of nitrogens with one attached hydrogen (secondary N) is 1. The van der Waals surface area contributed by atoms with Crippen molar-refractivity contribution in [3.05, 3.63) is 36.5 Å². The maximum Gasteiger partial charge on any atom is 0.249 e. The highest BCUT2D eigenvalue weighted by Gasteiger charge is 2.22. The lowest BCUT2D eigenvalue weighted by Crippen LogP contribution is -2.48. The number of aliphatic hydroxyl groups is 3. The number of rotatable bonds is 53. The molecule has 64 heavy (non-hydrogen) atoms. The van der Waals surface area contributed by atoms with Gasteiger partial charge in [-0.05, 0) is 57.8 Å². The second-order valence-corrected chi connectivity index (χ2v) is 19.8. The van der Waals surface area contributed by atoms with E-state index in [1.165, 1.54) is 250 Å². The van der Waals surface area contributed by atoms with Crippen LogP contribution in [0.3, 0.4) is 0 Å². The molecule has 0 aliphatic heterocycles. The lowest BCUT2D eigenvalue weighted by atomic mass is 10.0. The Labute approximate surface area is 400 Å². The van der Waals surface area contributed by atoms with Crippen LogP contribution < -0.4 is 5.32 Å². The van der Waals surface area contributed by atoms with Gasteiger partial charge in [0.1, 0.15) is 6.10 Å². The number of carbonyl (C=O) groups excluding carboxylic acids is 1. The number of hydrogen-bond donors (Lipinski definition) is 4. The van der Waals surface area contributed by atoms with Gasteiger partial charge in [0, 0.05) is 0 Å². The number of allylic oxidation sites excluding steroid dienone is 5. The number of aliphatic hydroxyl groups excluding tert-OH is 3. The molecule has 0 saturated heterocycles. The van der Waals surface area contributed by atoms with Gasteiger partial charge in [-0.1, -0.05) is 288 Å². The smallest absolute Gasteiger partial charge is 0.249 e. The summed E-state index contributed by atoms with van der Waals surface area (Å²) < 4.78 is 0. The summed E-state index contributed by atoms with van der Waals surface area (Å²) in [5.74, 6) is -0.510. The molecular weight excluding hydrogens is 787 g/mol. The summed E-state index contributed by atoms with van der Waals surface area (Å²) in [4.78, 5) is 12.6. The van der Waals surface area contributed by atoms with Gasteiger partial charge >= 0.3 is 0 Å². The molecule has 378 valence electrons. The Hall–Kier alpha value is -1.43. The van der Waals surface area contributed by atoms with E-state index >= 15 is 0 Å². The van der Waals surface area contributed by atoms with Crippen LogP contribution >= 0.6 is 0 Å². The van der Waals surface area contributed by atoms with Gasteiger partial charge in [0.2, 0.25) is 5.91 Å². The van der Waals surface area contributed by atoms with Crippen LogP contribution in [0.5, 0.6) is 0 Å². The zero-order valence-electron chi connectivity index (χ0n) is 43.2. The van der Waals surface area contributed by atoms with E-state index in [1.54, 1.807) is 6.08 Å². The van der Waals surface area contributed by atoms with Crippen LogP contribution in [0.25, 0.3) is 0 Å². The maximum absolute atomic E-state index is 12.6. The Morgan fingerprint density at radius 1 is 0.375 bits per heavy atom. The van der Waals surface area contributed by atoms with Gasteiger partial charge in [0.15, 0.2) is 0 Å². The van der Waals surface area contributed by atoms with E-state index in [4.69, 9.17) is 0 Å². The Bertz CT molecular complexity index is 993. The standard InChI is InChI=1S/C59H113NO4/c1-3-5-7-9-11-13-15-17-19-21-23-25-27-28-29-30-32-34-36-38-40-42-44-46-48-50-52-54-58(63)59(64)60-56(55-61)57(62)53-51-49-47-45-43-41-39-37-35-33-31-26-24-22-20-18-16-14-12-10-8-6-4-2/h28-29,43,45,51,53,56-58,61-63H,3-27,30-42,44,46-50,52,54-55H2,1-2H3,(H,60,64)/b29-28-,45-43+,53-51+. The van der Waals surface area contributed by atoms with Gasteiger partial charge in [-0.3, -0.25) is 4.79 Å². The highest BCUT2D eigenvalue weighted by Crippen LogP contribution is 2.17. The molecule has 0 aliphatic rings. The quantitative estimate of drug-likeness (QED) is 0.0362. The van der Waals surface area contributed by atoms with E-state index in [0.29, 0.717) is 6.42 Å². The minimum absolute atomic E-state index is 0.375. The van der Waals surface area contributed by atoms with Crippen LogP contribution in [0.2, 0.25) is 0 Å². The number of unbranched alkanes of at least 4 members (excludes halogenated alkanes) is 41. The monoisotopic (exact) mass is 900 g/mol. The first kappa shape index (κ1) is 62.6. The third-order valence-corrected chi connectivity index (χ3v) is 13.5. The minimum atomic E-state index is -1.11. The fourth-order valence-electron chi connectivity index (χ4n) is 8.96. The van der Waals surface area contributed by atoms with Crippen LogP contribution in [-0.4, -0.2) is 46.1 Å². The second kappa shape index (κ2) is 54.2. The van der Waals surface area contributed by atoms with Crippen molar-refractivity contribution in [2.24, 2.45) is 0 Å². The van der Waals surface area contributed by atoms with Crippen molar-refractivity contribution in [2.45, 2.75) is 327 Å². The Morgan fingerprint density at radius 2 is 0.641 bits per heavy atom. The molecule has 0 saturated carbocycles. The predicted molar refractivity (Wildman–Crippen MR) is 282 cm³/mol. The molecule has 3 atom stereocenters. The molecule has 0 rings (SSSR count). The molecule has 0 aliphatic carbocycles. The van der Waals surface area contributed by atoms with Gasteiger partial charge in [-0.15, -0.1) is 0 Å². The highest BCUT2D eigenvalue weighted by molar-refractivity contribution is 5.80. The topological polar surface area (TPSA) is 89.8 Å². The summed E-state index contributed by atoms with van der Waals surface area (Å²) in [6, 6.07) is -0.815. The molecule has 0 heterocycles. The largest absolute Gasteiger partial charge is 0.394 e. The summed E-state index contributed by atoms with van der Waals surface area (Å²) in [7, 11) is 0. The first-order valence-corrected chi connectivity index (χ1v) is 28.8. The number of hydrogen-bond acceptors (Lipinski definition) is 4. The Morgan fingerprint density at radius 3 is 0.953 bits per heavy atom. The van der Waals surface area contributed by atoms with Crippen molar-refractivity contribution in [3.8, 4) is 0 Å². The zero-order valence-corrected chi connectivity index (χ0v) is 43.2. The maximum atomic E-state index is 12.6. The van der Waals surface area contributed by atoms with Crippen LogP contribution in [0.1, 0.15) is 309 Å². The average Bonchev–Trinajstić information content (AvgIpc) is 3.30. The summed E-state index contributed by atoms with van der Waals surface area (Å²) >= 11 is 0. The molecule has 0 aromatic carbocycles. The molecule has 0 fully saturated rings. The summed E-state index contributed by atoms with van der Waals surface area (Å²) in [5.41, 5.74) is 0. The third kappa shape index (κ3) is 48.5. The molecule has 0 spiro atoms. The zero-order chi connectivity index (χ0) is 46.5. The van der Waals surface area contributed by atoms with Gasteiger partial charge in [0.05, 0.1) is 18.8 Å². The fraction of sp³-hybridized carbons (Fsp3) is 0.881. The summed E-state index contributed by atoms with van der Waals surface area (Å²) in [6.45, 7) is 4.21. The lowest BCUT2D eigenvalue weighted by molar-refractivity contribution is -0.131. The molecule has 3 unspecified atom stereocenters. The van der Waals surface area contributed by atoms with Crippen LogP contribution in [0.15, 0.2) is 36.5 Å². The van der Waals surface area contributed by atoms with Crippen LogP contribution in [0.4, 0.5) is 0 Å². The summed E-state index contributed by atoms with van der Waals surface area (Å²) in [5, 5.41) is 33.4. The Balaban J connectivity index is 3.59. The van der Waals surface area contributed by atoms with Crippen molar-refractivity contribution in [2.75, 3.05) is 6.61 Å². The molecule has 1 amide bonds. The predicted octanol–water partition coefficient (Wildman–Crippen LogP) is 17.8. The lowest BCUT2D eigenvalue weighted by Gasteiger charge is -2.21. The van der Waals surface area contributed by atoms with E-state index in [-0.39, 0.29) is 6.61 Å². The third-order valence-electron chi connectivity index (χ3n) is 13.5. The fourth-order valence-corrected chi connectivity index (χ4v) is 8.96. The minimum Gasteiger partial charge on any atom is -0.394 e. The van der Waals surface area contributed by atoms with E-state index in [0.717, 1.165) is 38.5 Å². The molecule has 5 nitrogen and oxygen atoms in total. The van der Waals surface area contributed by atoms with E-state index in [1.807, 2.05) is 6.08 Å². The van der Waals surface area contributed by atoms with E-state index in [9.17, 15) is 20.1 Å². The number of carbonyl (C=O) groups is 1. The van der Waals surface area contributed by atoms with Gasteiger partial charge in [-0.2, -0.15) is 0 Å². The van der Waals surface area contributed by atoms with Crippen molar-refractivity contribution in [1.82, 2.24) is 5.32 Å². The van der Waals surface area contributed by atoms with Crippen molar-refractivity contribution in [1.29, 1.82) is 0 Å². The molecule has 0 bridgehead atoms. The summed E-state index contributed by atoms with van der Waals surface area (Å²) in [6.07, 6.45) is 70.9. The van der Waals surface area contributed by atoms with Gasteiger partial charge in [0.25, 0.3) is 0 Å². The second-order valence-electron chi connectivity index (χ2n) is 19.8. The molecule has 4 N–H and O–H groups in total. The van der Waals surface area contributed by atoms with Crippen molar-refractivity contribution >= 4 is 5.91 Å². The molecule has 0 aromatic heterocycles. The first-order chi connectivity index (χ1) is 31.6. The van der Waals surface area contributed by atoms with Crippen LogP contribution in [0, 0.1) is 0 Å². The van der Waals surface area contributed by atoms with Gasteiger partial charge < -0.3 is 20.6 Å². The SMILES string of the molecule is CCCCCCCCCCCCCC/C=C\CCCCCCCCCCCCCC(O)C(=O)NC(CO)C(O)/C=C/CC/C=C/CCCCCCCCCCCCCCCCCCC. The molecule has 5 heteroatoms. The van der Waals surface area contributed by atoms with Gasteiger partial charge in [-0.25, -0.2) is 0 Å². The van der Waals surface area contributed by atoms with Crippen molar-refractivity contribution in [3.63, 3.8) is 0 Å². The number of amides is 1. The average molecular weight is 901 g/mol. The molecular formula is C59H113NO4. The molecule has 0 radical (unpaired) electrons. The highest BCUT2D eigenvalue weighted by atomic mass is 16.3. The van der Waals surface area contributed by atoms with E-state index in [2.05, 4.69) is 43.5 Å². The van der Waals surface area contributed by atoms with Crippen LogP contribution in [-0.2, 0) is 4.79 Å².